The third-order valence-corrected chi connectivity index (χ3v) is 9.99. The lowest BCUT2D eigenvalue weighted by Gasteiger charge is -2.32. The van der Waals surface area contributed by atoms with Gasteiger partial charge in [-0.2, -0.15) is 5.10 Å². The first kappa shape index (κ1) is 32.9. The van der Waals surface area contributed by atoms with Crippen molar-refractivity contribution in [1.29, 1.82) is 0 Å². The topological polar surface area (TPSA) is 106 Å². The van der Waals surface area contributed by atoms with Gasteiger partial charge in [-0.25, -0.2) is 14.8 Å². The Morgan fingerprint density at radius 3 is 2.54 bits per heavy atom. The van der Waals surface area contributed by atoms with E-state index < -0.39 is 5.60 Å². The second-order valence-corrected chi connectivity index (χ2v) is 15.0. The van der Waals surface area contributed by atoms with Gasteiger partial charge in [0, 0.05) is 42.1 Å². The molecular weight excluding hydrogens is 632 g/mol. The summed E-state index contributed by atoms with van der Waals surface area (Å²) in [5.74, 6) is 2.24. The highest BCUT2D eigenvalue weighted by molar-refractivity contribution is 5.94. The molecule has 3 aromatic heterocycles. The lowest BCUT2D eigenvalue weighted by Crippen LogP contribution is -2.35. The SMILES string of the molecule is CC(C)(C)OC(=O)c1ccc2nc(CN3CCC(c4cccc(OCc5ccc6cnn(CC7COC7)c6c5)n4)CC3)n(CC3CCO3)c2c1. The molecule has 6 heterocycles. The molecule has 3 aliphatic heterocycles. The standard InChI is InChI=1S/C39H46N6O5/c1-39(2,3)50-38(46)29-9-10-33-35(18-29)44(21-31-13-16-48-31)36(41-33)22-43-14-11-28(12-15-43)32-5-4-6-37(42-32)49-25-26-7-8-30-19-40-45(34(30)17-26)20-27-23-47-24-27/h4-10,17-19,27-28,31H,11-16,20-25H2,1-3H3. The number of esters is 1. The first-order valence-corrected chi connectivity index (χ1v) is 17.9. The molecule has 8 rings (SSSR count). The number of imidazole rings is 1. The number of fused-ring (bicyclic) bond motifs is 2. The summed E-state index contributed by atoms with van der Waals surface area (Å²) in [6.07, 6.45) is 5.15. The van der Waals surface area contributed by atoms with Gasteiger partial charge < -0.3 is 23.5 Å². The Hall–Kier alpha value is -4.32. The minimum atomic E-state index is -0.556. The molecule has 0 bridgehead atoms. The van der Waals surface area contributed by atoms with Gasteiger partial charge >= 0.3 is 5.97 Å². The summed E-state index contributed by atoms with van der Waals surface area (Å²) in [7, 11) is 0. The van der Waals surface area contributed by atoms with Crippen LogP contribution in [0.5, 0.6) is 5.88 Å². The maximum atomic E-state index is 12.9. The number of likely N-dealkylation sites (tertiary alicyclic amines) is 1. The molecule has 11 heteroatoms. The highest BCUT2D eigenvalue weighted by Gasteiger charge is 2.27. The Labute approximate surface area is 292 Å². The number of hydrogen-bond acceptors (Lipinski definition) is 9. The Kier molecular flexibility index (Phi) is 9.05. The van der Waals surface area contributed by atoms with E-state index in [9.17, 15) is 4.79 Å². The van der Waals surface area contributed by atoms with Crippen LogP contribution in [0.25, 0.3) is 21.9 Å². The minimum Gasteiger partial charge on any atom is -0.473 e. The van der Waals surface area contributed by atoms with Crippen LogP contribution in [0.1, 0.15) is 73.4 Å². The normalized spacial score (nSPS) is 19.1. The summed E-state index contributed by atoms with van der Waals surface area (Å²) in [5, 5.41) is 5.73. The second kappa shape index (κ2) is 13.8. The summed E-state index contributed by atoms with van der Waals surface area (Å²) in [4.78, 5) is 25.3. The van der Waals surface area contributed by atoms with Crippen LogP contribution in [0.4, 0.5) is 0 Å². The van der Waals surface area contributed by atoms with Crippen LogP contribution in [0, 0.1) is 5.92 Å². The molecule has 0 aliphatic carbocycles. The molecule has 0 radical (unpaired) electrons. The van der Waals surface area contributed by atoms with Crippen molar-refractivity contribution in [2.24, 2.45) is 5.92 Å². The number of hydrogen-bond donors (Lipinski definition) is 0. The molecular formula is C39H46N6O5. The van der Waals surface area contributed by atoms with Crippen molar-refractivity contribution in [3.8, 4) is 5.88 Å². The van der Waals surface area contributed by atoms with Crippen molar-refractivity contribution >= 4 is 27.9 Å². The number of carbonyl (C=O) groups is 1. The van der Waals surface area contributed by atoms with Gasteiger partial charge in [0.25, 0.3) is 0 Å². The van der Waals surface area contributed by atoms with Crippen LogP contribution >= 0.6 is 0 Å². The average molecular weight is 679 g/mol. The van der Waals surface area contributed by atoms with E-state index in [1.54, 1.807) is 0 Å². The van der Waals surface area contributed by atoms with Crippen LogP contribution in [0.15, 0.2) is 60.8 Å². The van der Waals surface area contributed by atoms with Gasteiger partial charge in [0.15, 0.2) is 0 Å². The van der Waals surface area contributed by atoms with Crippen molar-refractivity contribution in [2.75, 3.05) is 32.9 Å². The van der Waals surface area contributed by atoms with Crippen LogP contribution in [0.3, 0.4) is 0 Å². The molecule has 50 heavy (non-hydrogen) atoms. The van der Waals surface area contributed by atoms with E-state index in [1.807, 2.05) is 51.2 Å². The van der Waals surface area contributed by atoms with E-state index in [-0.39, 0.29) is 12.1 Å². The molecule has 3 saturated heterocycles. The number of carbonyl (C=O) groups excluding carboxylic acids is 1. The van der Waals surface area contributed by atoms with Crippen molar-refractivity contribution < 1.29 is 23.7 Å². The largest absolute Gasteiger partial charge is 0.473 e. The quantitative estimate of drug-likeness (QED) is 0.153. The maximum Gasteiger partial charge on any atom is 0.338 e. The van der Waals surface area contributed by atoms with Crippen molar-refractivity contribution in [2.45, 2.75) is 83.9 Å². The lowest BCUT2D eigenvalue weighted by atomic mass is 9.93. The van der Waals surface area contributed by atoms with Crippen molar-refractivity contribution in [1.82, 2.24) is 29.2 Å². The van der Waals surface area contributed by atoms with E-state index >= 15 is 0 Å². The fourth-order valence-corrected chi connectivity index (χ4v) is 7.06. The van der Waals surface area contributed by atoms with Crippen LogP contribution < -0.4 is 4.74 Å². The Morgan fingerprint density at radius 2 is 1.80 bits per heavy atom. The summed E-state index contributed by atoms with van der Waals surface area (Å²) in [6, 6.07) is 18.2. The van der Waals surface area contributed by atoms with E-state index in [1.165, 1.54) is 0 Å². The van der Waals surface area contributed by atoms with E-state index in [0.29, 0.717) is 29.9 Å². The predicted octanol–water partition coefficient (Wildman–Crippen LogP) is 6.13. The fourth-order valence-electron chi connectivity index (χ4n) is 7.06. The summed E-state index contributed by atoms with van der Waals surface area (Å²) in [6.45, 7) is 12.8. The third-order valence-electron chi connectivity index (χ3n) is 9.99. The fraction of sp³-hybridized carbons (Fsp3) is 0.487. The molecule has 0 amide bonds. The number of piperidine rings is 1. The molecule has 3 fully saturated rings. The first-order chi connectivity index (χ1) is 24.2. The van der Waals surface area contributed by atoms with Gasteiger partial charge in [0.05, 0.1) is 60.7 Å². The zero-order valence-electron chi connectivity index (χ0n) is 29.2. The number of benzene rings is 2. The molecule has 0 N–H and O–H groups in total. The van der Waals surface area contributed by atoms with E-state index in [0.717, 1.165) is 111 Å². The highest BCUT2D eigenvalue weighted by Crippen LogP contribution is 2.30. The molecule has 0 spiro atoms. The monoisotopic (exact) mass is 678 g/mol. The molecule has 1 unspecified atom stereocenters. The van der Waals surface area contributed by atoms with Gasteiger partial charge in [-0.3, -0.25) is 9.58 Å². The third kappa shape index (κ3) is 7.26. The number of rotatable bonds is 11. The maximum absolute atomic E-state index is 12.9. The van der Waals surface area contributed by atoms with Gasteiger partial charge in [-0.05, 0) is 89.0 Å². The minimum absolute atomic E-state index is 0.168. The first-order valence-electron chi connectivity index (χ1n) is 17.9. The molecule has 0 saturated carbocycles. The number of aromatic nitrogens is 5. The molecule has 5 aromatic rings. The smallest absolute Gasteiger partial charge is 0.338 e. The van der Waals surface area contributed by atoms with E-state index in [2.05, 4.69) is 49.6 Å². The molecule has 2 aromatic carbocycles. The van der Waals surface area contributed by atoms with Crippen LogP contribution in [-0.2, 0) is 40.5 Å². The Bertz CT molecular complexity index is 1980. The predicted molar refractivity (Wildman–Crippen MR) is 189 cm³/mol. The van der Waals surface area contributed by atoms with Crippen molar-refractivity contribution in [3.05, 3.63) is 83.4 Å². The molecule has 3 aliphatic rings. The van der Waals surface area contributed by atoms with E-state index in [4.69, 9.17) is 28.9 Å². The van der Waals surface area contributed by atoms with Crippen LogP contribution in [0.2, 0.25) is 0 Å². The molecule has 1 atom stereocenters. The van der Waals surface area contributed by atoms with Gasteiger partial charge in [-0.1, -0.05) is 18.2 Å². The summed E-state index contributed by atoms with van der Waals surface area (Å²) in [5.41, 5.74) is 5.13. The second-order valence-electron chi connectivity index (χ2n) is 15.0. The van der Waals surface area contributed by atoms with Crippen molar-refractivity contribution in [3.63, 3.8) is 0 Å². The lowest BCUT2D eigenvalue weighted by molar-refractivity contribution is -0.0592. The molecule has 11 nitrogen and oxygen atoms in total. The summed E-state index contributed by atoms with van der Waals surface area (Å²) >= 11 is 0. The van der Waals surface area contributed by atoms with Gasteiger partial charge in [-0.15, -0.1) is 0 Å². The van der Waals surface area contributed by atoms with Gasteiger partial charge in [0.2, 0.25) is 5.88 Å². The number of pyridine rings is 1. The Morgan fingerprint density at radius 1 is 0.960 bits per heavy atom. The van der Waals surface area contributed by atoms with Gasteiger partial charge in [0.1, 0.15) is 18.0 Å². The highest BCUT2D eigenvalue weighted by atomic mass is 16.6. The molecule has 262 valence electrons. The number of nitrogens with zero attached hydrogens (tertiary/aromatic N) is 6. The Balaban J connectivity index is 0.905. The zero-order valence-corrected chi connectivity index (χ0v) is 29.2. The van der Waals surface area contributed by atoms with Crippen LogP contribution in [-0.4, -0.2) is 79.8 Å². The number of ether oxygens (including phenoxy) is 4. The zero-order chi connectivity index (χ0) is 34.2. The average Bonchev–Trinajstić information content (AvgIpc) is 3.62. The summed E-state index contributed by atoms with van der Waals surface area (Å²) < 4.78 is 27.4.